The molecule has 62 heavy (non-hydrogen) atoms. The predicted molar refractivity (Wildman–Crippen MR) is 257 cm³/mol. The molecule has 6 rings (SSSR count). The number of carbonyl (C=O) groups is 2. The second kappa shape index (κ2) is 21.5. The van der Waals surface area contributed by atoms with Crippen LogP contribution in [0.25, 0.3) is 21.5 Å². The van der Waals surface area contributed by atoms with E-state index in [0.29, 0.717) is 42.5 Å². The first-order valence-corrected chi connectivity index (χ1v) is 22.8. The van der Waals surface area contributed by atoms with E-state index in [-0.39, 0.29) is 30.9 Å². The third kappa shape index (κ3) is 14.5. The average molecular weight is 853 g/mol. The summed E-state index contributed by atoms with van der Waals surface area (Å²) in [6, 6.07) is 25.7. The van der Waals surface area contributed by atoms with Gasteiger partial charge in [-0.2, -0.15) is 0 Å². The van der Waals surface area contributed by atoms with Gasteiger partial charge < -0.3 is 30.0 Å². The quantitative estimate of drug-likeness (QED) is 0.108. The van der Waals surface area contributed by atoms with Crippen LogP contribution in [0.15, 0.2) is 72.8 Å². The van der Waals surface area contributed by atoms with Crippen molar-refractivity contribution in [2.75, 3.05) is 20.2 Å². The minimum absolute atomic E-state index is 0. The van der Waals surface area contributed by atoms with Crippen LogP contribution >= 0.6 is 0 Å². The summed E-state index contributed by atoms with van der Waals surface area (Å²) in [5.74, 6) is 2.53. The van der Waals surface area contributed by atoms with Crippen molar-refractivity contribution in [3.05, 3.63) is 83.9 Å². The Morgan fingerprint density at radius 3 is 1.26 bits per heavy atom. The van der Waals surface area contributed by atoms with Crippen LogP contribution in [0, 0.1) is 22.7 Å². The van der Waals surface area contributed by atoms with Gasteiger partial charge in [0.15, 0.2) is 0 Å². The molecule has 0 unspecified atom stereocenters. The molecule has 0 heterocycles. The van der Waals surface area contributed by atoms with Gasteiger partial charge in [0.25, 0.3) is 0 Å². The Balaban J connectivity index is 0.000000268. The molecule has 4 aromatic rings. The fraction of sp³-hybridized carbons (Fsp3) is 0.593. The maximum atomic E-state index is 11.4. The van der Waals surface area contributed by atoms with Crippen molar-refractivity contribution < 1.29 is 28.9 Å². The highest BCUT2D eigenvalue weighted by molar-refractivity contribution is 5.85. The van der Waals surface area contributed by atoms with Crippen LogP contribution in [-0.2, 0) is 25.4 Å². The zero-order chi connectivity index (χ0) is 44.6. The highest BCUT2D eigenvalue weighted by Crippen LogP contribution is 2.40. The standard InChI is InChI=1S/C27H39NO3.C26H37NO3.CH4/c1-26(2,3)21-10-13-23(14-11-21)31-24-12-8-19-17-22(9-7-20(19)18-24)27(4,5)28-16-15-25(29)30-6;1-25(2,3)20-9-12-22(13-10-20)30-23-11-7-18-16-21(8-6-19(18)17-23)26(4,5)27-15-14-24(28)29;/h7-9,12,17-18,21,23,28H,10-11,13-16H2,1-6H3;6-8,11,16-17,20,22,27H,9-10,12-15H2,1-5H3,(H,28,29);1H4. The van der Waals surface area contributed by atoms with E-state index in [2.05, 4.69) is 153 Å². The number of esters is 1. The third-order valence-electron chi connectivity index (χ3n) is 13.5. The monoisotopic (exact) mass is 853 g/mol. The fourth-order valence-corrected chi connectivity index (χ4v) is 9.12. The molecule has 4 aromatic carbocycles. The SMILES string of the molecule is C.CC(C)(NCCC(=O)O)c1ccc2cc(OC3CCC(C(C)(C)C)CC3)ccc2c1.COC(=O)CCNC(C)(C)c1ccc2cc(OC3CCC(C(C)(C)C)CC3)ccc2c1. The number of nitrogens with one attached hydrogen (secondary N) is 2. The molecule has 0 amide bonds. The van der Waals surface area contributed by atoms with E-state index in [1.54, 1.807) is 0 Å². The molecule has 0 aromatic heterocycles. The molecule has 342 valence electrons. The average Bonchev–Trinajstić information content (AvgIpc) is 3.20. The van der Waals surface area contributed by atoms with Crippen LogP contribution in [-0.4, -0.2) is 49.5 Å². The van der Waals surface area contributed by atoms with Crippen LogP contribution in [0.5, 0.6) is 11.5 Å². The number of carbonyl (C=O) groups excluding carboxylic acids is 1. The Kier molecular flexibility index (Phi) is 17.5. The van der Waals surface area contributed by atoms with Crippen molar-refractivity contribution >= 4 is 33.5 Å². The molecule has 2 aliphatic rings. The molecule has 0 saturated heterocycles. The highest BCUT2D eigenvalue weighted by Gasteiger charge is 2.32. The van der Waals surface area contributed by atoms with Crippen LogP contribution in [0.3, 0.4) is 0 Å². The fourth-order valence-electron chi connectivity index (χ4n) is 9.12. The molecule has 2 aliphatic carbocycles. The van der Waals surface area contributed by atoms with E-state index in [1.807, 2.05) is 0 Å². The van der Waals surface area contributed by atoms with Crippen molar-refractivity contribution in [1.82, 2.24) is 10.6 Å². The van der Waals surface area contributed by atoms with Crippen LogP contribution in [0.4, 0.5) is 0 Å². The van der Waals surface area contributed by atoms with Gasteiger partial charge in [-0.1, -0.05) is 85.4 Å². The first-order chi connectivity index (χ1) is 28.6. The number of benzene rings is 4. The van der Waals surface area contributed by atoms with E-state index in [9.17, 15) is 9.59 Å². The molecule has 0 radical (unpaired) electrons. The number of hydrogen-bond acceptors (Lipinski definition) is 7. The van der Waals surface area contributed by atoms with Crippen molar-refractivity contribution in [2.45, 2.75) is 164 Å². The van der Waals surface area contributed by atoms with E-state index in [1.165, 1.54) is 59.9 Å². The number of carboxylic acids is 1. The smallest absolute Gasteiger partial charge is 0.306 e. The molecule has 0 aliphatic heterocycles. The Bertz CT molecular complexity index is 2060. The van der Waals surface area contributed by atoms with Crippen molar-refractivity contribution in [2.24, 2.45) is 22.7 Å². The first kappa shape index (κ1) is 50.5. The van der Waals surface area contributed by atoms with Gasteiger partial charge in [0.1, 0.15) is 11.5 Å². The summed E-state index contributed by atoms with van der Waals surface area (Å²) in [5, 5.41) is 20.4. The lowest BCUT2D eigenvalue weighted by atomic mass is 9.72. The maximum absolute atomic E-state index is 11.4. The largest absolute Gasteiger partial charge is 0.490 e. The van der Waals surface area contributed by atoms with Gasteiger partial charge in [-0.15, -0.1) is 0 Å². The molecule has 0 spiro atoms. The summed E-state index contributed by atoms with van der Waals surface area (Å²) in [6.07, 6.45) is 10.7. The van der Waals surface area contributed by atoms with Crippen LogP contribution in [0.1, 0.15) is 152 Å². The molecular weight excluding hydrogens is 773 g/mol. The Morgan fingerprint density at radius 2 is 0.903 bits per heavy atom. The van der Waals surface area contributed by atoms with Gasteiger partial charge >= 0.3 is 11.9 Å². The van der Waals surface area contributed by atoms with Gasteiger partial charge in [-0.3, -0.25) is 9.59 Å². The number of hydrogen-bond donors (Lipinski definition) is 3. The van der Waals surface area contributed by atoms with Gasteiger partial charge in [0, 0.05) is 24.2 Å². The van der Waals surface area contributed by atoms with Crippen molar-refractivity contribution in [3.8, 4) is 11.5 Å². The lowest BCUT2D eigenvalue weighted by molar-refractivity contribution is -0.140. The molecule has 0 bridgehead atoms. The summed E-state index contributed by atoms with van der Waals surface area (Å²) in [6.45, 7) is 23.6. The molecule has 2 saturated carbocycles. The summed E-state index contributed by atoms with van der Waals surface area (Å²) >= 11 is 0. The van der Waals surface area contributed by atoms with Crippen LogP contribution < -0.4 is 20.1 Å². The predicted octanol–water partition coefficient (Wildman–Crippen LogP) is 13.0. The zero-order valence-corrected chi connectivity index (χ0v) is 39.2. The highest BCUT2D eigenvalue weighted by atomic mass is 16.5. The summed E-state index contributed by atoms with van der Waals surface area (Å²) in [7, 11) is 1.42. The molecule has 3 N–H and O–H groups in total. The zero-order valence-electron chi connectivity index (χ0n) is 39.2. The number of fused-ring (bicyclic) bond motifs is 2. The minimum Gasteiger partial charge on any atom is -0.490 e. The van der Waals surface area contributed by atoms with Gasteiger partial charge in [0.05, 0.1) is 32.2 Å². The minimum atomic E-state index is -0.781. The first-order valence-electron chi connectivity index (χ1n) is 22.8. The number of methoxy groups -OCH3 is 1. The van der Waals surface area contributed by atoms with Gasteiger partial charge in [0.2, 0.25) is 0 Å². The Morgan fingerprint density at radius 1 is 0.548 bits per heavy atom. The molecule has 2 fully saturated rings. The molecule has 0 atom stereocenters. The number of rotatable bonds is 14. The number of aliphatic carboxylic acids is 1. The Labute approximate surface area is 374 Å². The second-order valence-electron chi connectivity index (χ2n) is 20.9. The second-order valence-corrected chi connectivity index (χ2v) is 20.9. The Hall–Kier alpha value is -4.14. The van der Waals surface area contributed by atoms with Gasteiger partial charge in [-0.25, -0.2) is 0 Å². The van der Waals surface area contributed by atoms with Gasteiger partial charge in [-0.05, 0) is 171 Å². The topological polar surface area (TPSA) is 106 Å². The third-order valence-corrected chi connectivity index (χ3v) is 13.5. The van der Waals surface area contributed by atoms with E-state index in [0.717, 1.165) is 54.6 Å². The normalized spacial score (nSPS) is 19.8. The van der Waals surface area contributed by atoms with E-state index >= 15 is 0 Å². The maximum Gasteiger partial charge on any atom is 0.306 e. The lowest BCUT2D eigenvalue weighted by Gasteiger charge is -2.37. The molecular formula is C54H80N2O6. The summed E-state index contributed by atoms with van der Waals surface area (Å²) in [5.41, 5.74) is 2.61. The number of carboxylic acid groups (broad SMARTS) is 1. The van der Waals surface area contributed by atoms with E-state index < -0.39 is 5.97 Å². The van der Waals surface area contributed by atoms with E-state index in [4.69, 9.17) is 19.3 Å². The lowest BCUT2D eigenvalue weighted by Crippen LogP contribution is -2.37. The van der Waals surface area contributed by atoms with Crippen LogP contribution in [0.2, 0.25) is 0 Å². The summed E-state index contributed by atoms with van der Waals surface area (Å²) < 4.78 is 17.4. The summed E-state index contributed by atoms with van der Waals surface area (Å²) in [4.78, 5) is 22.1. The molecule has 8 nitrogen and oxygen atoms in total. The number of ether oxygens (including phenoxy) is 3. The van der Waals surface area contributed by atoms with Crippen molar-refractivity contribution in [3.63, 3.8) is 0 Å². The molecule has 8 heteroatoms. The van der Waals surface area contributed by atoms with Crippen molar-refractivity contribution in [1.29, 1.82) is 0 Å².